The van der Waals surface area contributed by atoms with Gasteiger partial charge in [0.25, 0.3) is 0 Å². The molecule has 14 heavy (non-hydrogen) atoms. The quantitative estimate of drug-likeness (QED) is 0.858. The smallest absolute Gasteiger partial charge is 0.137 e. The Labute approximate surface area is 92.8 Å². The van der Waals surface area contributed by atoms with Gasteiger partial charge in [-0.15, -0.1) is 0 Å². The molecule has 78 valence electrons. The van der Waals surface area contributed by atoms with Crippen molar-refractivity contribution in [3.8, 4) is 0 Å². The first-order valence-electron chi connectivity index (χ1n) is 4.58. The van der Waals surface area contributed by atoms with Crippen LogP contribution in [0.1, 0.15) is 26.3 Å². The molecule has 1 rings (SSSR count). The van der Waals surface area contributed by atoms with Gasteiger partial charge in [-0.25, -0.2) is 4.39 Å². The molecule has 0 bridgehead atoms. The minimum Gasteiger partial charge on any atom is -0.308 e. The van der Waals surface area contributed by atoms with E-state index in [4.69, 9.17) is 0 Å². The molecule has 1 N–H and O–H groups in total. The van der Waals surface area contributed by atoms with E-state index in [0.29, 0.717) is 11.0 Å². The van der Waals surface area contributed by atoms with Crippen LogP contribution in [0.3, 0.4) is 0 Å². The predicted molar refractivity (Wildman–Crippen MR) is 60.7 cm³/mol. The number of hydrogen-bond donors (Lipinski definition) is 1. The Kier molecular flexibility index (Phi) is 3.67. The number of hydrogen-bond acceptors (Lipinski definition) is 1. The van der Waals surface area contributed by atoms with Gasteiger partial charge in [0.2, 0.25) is 0 Å². The van der Waals surface area contributed by atoms with Crippen molar-refractivity contribution >= 4 is 15.9 Å². The molecule has 1 nitrogen and oxygen atoms in total. The third-order valence-electron chi connectivity index (χ3n) is 1.84. The molecule has 0 radical (unpaired) electrons. The van der Waals surface area contributed by atoms with Crippen LogP contribution in [0.4, 0.5) is 4.39 Å². The Bertz CT molecular complexity index is 318. The Balaban J connectivity index is 2.73. The van der Waals surface area contributed by atoms with Gasteiger partial charge in [-0.2, -0.15) is 0 Å². The molecule has 0 saturated heterocycles. The molecule has 3 heteroatoms. The van der Waals surface area contributed by atoms with Crippen molar-refractivity contribution in [2.45, 2.75) is 32.9 Å². The molecule has 0 aliphatic carbocycles. The van der Waals surface area contributed by atoms with Crippen LogP contribution in [0.15, 0.2) is 22.7 Å². The van der Waals surface area contributed by atoms with Crippen LogP contribution in [0.2, 0.25) is 0 Å². The lowest BCUT2D eigenvalue weighted by molar-refractivity contribution is 0.423. The molecule has 0 atom stereocenters. The summed E-state index contributed by atoms with van der Waals surface area (Å²) >= 11 is 3.23. The lowest BCUT2D eigenvalue weighted by atomic mass is 10.1. The molecule has 0 spiro atoms. The molecule has 0 aliphatic rings. The fourth-order valence-corrected chi connectivity index (χ4v) is 1.45. The normalized spacial score (nSPS) is 11.8. The lowest BCUT2D eigenvalue weighted by Gasteiger charge is -2.21. The zero-order valence-corrected chi connectivity index (χ0v) is 10.3. The zero-order valence-electron chi connectivity index (χ0n) is 8.70. The maximum Gasteiger partial charge on any atom is 0.137 e. The first-order valence-corrected chi connectivity index (χ1v) is 5.37. The van der Waals surface area contributed by atoms with Crippen molar-refractivity contribution in [1.82, 2.24) is 5.32 Å². The van der Waals surface area contributed by atoms with Crippen molar-refractivity contribution < 1.29 is 4.39 Å². The first kappa shape index (κ1) is 11.7. The molecule has 0 heterocycles. The molecule has 1 aromatic carbocycles. The maximum absolute atomic E-state index is 13.1. The van der Waals surface area contributed by atoms with Crippen LogP contribution < -0.4 is 5.32 Å². The average molecular weight is 260 g/mol. The highest BCUT2D eigenvalue weighted by atomic mass is 79.9. The van der Waals surface area contributed by atoms with Gasteiger partial charge in [-0.3, -0.25) is 0 Å². The van der Waals surface area contributed by atoms with Gasteiger partial charge in [0.05, 0.1) is 4.47 Å². The van der Waals surface area contributed by atoms with Crippen LogP contribution >= 0.6 is 15.9 Å². The van der Waals surface area contributed by atoms with Gasteiger partial charge >= 0.3 is 0 Å². The number of benzene rings is 1. The van der Waals surface area contributed by atoms with E-state index in [1.54, 1.807) is 6.07 Å². The van der Waals surface area contributed by atoms with Gasteiger partial charge in [0.15, 0.2) is 0 Å². The highest BCUT2D eigenvalue weighted by Crippen LogP contribution is 2.20. The summed E-state index contributed by atoms with van der Waals surface area (Å²) in [5, 5.41) is 3.31. The Morgan fingerprint density at radius 1 is 1.36 bits per heavy atom. The molecule has 0 fully saturated rings. The van der Waals surface area contributed by atoms with Gasteiger partial charge in [0, 0.05) is 12.1 Å². The van der Waals surface area contributed by atoms with E-state index in [2.05, 4.69) is 42.0 Å². The SMILES string of the molecule is CC(C)(C)NCc1cccc(F)c1Br. The third kappa shape index (κ3) is 3.39. The van der Waals surface area contributed by atoms with E-state index >= 15 is 0 Å². The summed E-state index contributed by atoms with van der Waals surface area (Å²) in [6.45, 7) is 6.92. The molecule has 0 amide bonds. The molecule has 0 aliphatic heterocycles. The molecule has 0 aromatic heterocycles. The van der Waals surface area contributed by atoms with E-state index in [1.165, 1.54) is 6.07 Å². The Morgan fingerprint density at radius 3 is 2.57 bits per heavy atom. The minimum atomic E-state index is -0.210. The first-order chi connectivity index (χ1) is 6.40. The molecular formula is C11H15BrFN. The van der Waals surface area contributed by atoms with E-state index in [1.807, 2.05) is 6.07 Å². The summed E-state index contributed by atoms with van der Waals surface area (Å²) in [6, 6.07) is 5.08. The number of rotatable bonds is 2. The van der Waals surface area contributed by atoms with E-state index in [-0.39, 0.29) is 11.4 Å². The van der Waals surface area contributed by atoms with Crippen molar-refractivity contribution in [2.75, 3.05) is 0 Å². The minimum absolute atomic E-state index is 0.0474. The highest BCUT2D eigenvalue weighted by Gasteiger charge is 2.10. The monoisotopic (exact) mass is 259 g/mol. The Hall–Kier alpha value is -0.410. The Morgan fingerprint density at radius 2 is 2.00 bits per heavy atom. The topological polar surface area (TPSA) is 12.0 Å². The third-order valence-corrected chi connectivity index (χ3v) is 2.73. The molecule has 0 unspecified atom stereocenters. The second-order valence-corrected chi connectivity index (χ2v) is 5.11. The van der Waals surface area contributed by atoms with Crippen molar-refractivity contribution in [3.63, 3.8) is 0 Å². The largest absolute Gasteiger partial charge is 0.308 e. The van der Waals surface area contributed by atoms with Gasteiger partial charge < -0.3 is 5.32 Å². The van der Waals surface area contributed by atoms with Crippen LogP contribution in [0.5, 0.6) is 0 Å². The second kappa shape index (κ2) is 4.41. The van der Waals surface area contributed by atoms with Crippen molar-refractivity contribution in [2.24, 2.45) is 0 Å². The molecular weight excluding hydrogens is 245 g/mol. The van der Waals surface area contributed by atoms with E-state index < -0.39 is 0 Å². The standard InChI is InChI=1S/C11H15BrFN/c1-11(2,3)14-7-8-5-4-6-9(13)10(8)12/h4-6,14H,7H2,1-3H3. The van der Waals surface area contributed by atoms with Gasteiger partial charge in [-0.05, 0) is 48.3 Å². The molecule has 1 aromatic rings. The fraction of sp³-hybridized carbons (Fsp3) is 0.455. The maximum atomic E-state index is 13.1. The number of halogens is 2. The summed E-state index contributed by atoms with van der Waals surface area (Å²) in [5.74, 6) is -0.210. The summed E-state index contributed by atoms with van der Waals surface area (Å²) in [7, 11) is 0. The summed E-state index contributed by atoms with van der Waals surface area (Å²) in [4.78, 5) is 0. The van der Waals surface area contributed by atoms with Crippen LogP contribution in [0, 0.1) is 5.82 Å². The van der Waals surface area contributed by atoms with Gasteiger partial charge in [-0.1, -0.05) is 12.1 Å². The van der Waals surface area contributed by atoms with Crippen molar-refractivity contribution in [1.29, 1.82) is 0 Å². The second-order valence-electron chi connectivity index (χ2n) is 4.32. The fourth-order valence-electron chi connectivity index (χ4n) is 1.05. The van der Waals surface area contributed by atoms with Crippen LogP contribution in [-0.2, 0) is 6.54 Å². The summed E-state index contributed by atoms with van der Waals surface area (Å²) in [6.07, 6.45) is 0. The van der Waals surface area contributed by atoms with Crippen LogP contribution in [0.25, 0.3) is 0 Å². The highest BCUT2D eigenvalue weighted by molar-refractivity contribution is 9.10. The lowest BCUT2D eigenvalue weighted by Crippen LogP contribution is -2.35. The summed E-state index contributed by atoms with van der Waals surface area (Å²) in [5.41, 5.74) is 0.992. The summed E-state index contributed by atoms with van der Waals surface area (Å²) < 4.78 is 13.7. The number of nitrogens with one attached hydrogen (secondary N) is 1. The van der Waals surface area contributed by atoms with Crippen molar-refractivity contribution in [3.05, 3.63) is 34.1 Å². The zero-order chi connectivity index (χ0) is 10.8. The van der Waals surface area contributed by atoms with E-state index in [9.17, 15) is 4.39 Å². The average Bonchev–Trinajstić information content (AvgIpc) is 2.06. The predicted octanol–water partition coefficient (Wildman–Crippen LogP) is 3.48. The van der Waals surface area contributed by atoms with E-state index in [0.717, 1.165) is 5.56 Å². The van der Waals surface area contributed by atoms with Crippen LogP contribution in [-0.4, -0.2) is 5.54 Å². The molecule has 0 saturated carbocycles. The van der Waals surface area contributed by atoms with Gasteiger partial charge in [0.1, 0.15) is 5.82 Å².